The van der Waals surface area contributed by atoms with Crippen molar-refractivity contribution in [2.45, 2.75) is 46.6 Å². The van der Waals surface area contributed by atoms with E-state index in [9.17, 15) is 4.79 Å². The molecule has 0 saturated heterocycles. The van der Waals surface area contributed by atoms with E-state index < -0.39 is 0 Å². The number of aromatic nitrogens is 3. The maximum atomic E-state index is 12.0. The van der Waals surface area contributed by atoms with Gasteiger partial charge in [0.1, 0.15) is 18.9 Å². The molecular weight excluding hydrogens is 280 g/mol. The zero-order valence-electron chi connectivity index (χ0n) is 13.1. The SMILES string of the molecule is CC12CCC(C/C1=N\NC(=O)Cn1cnnc1C#N)C2(C)C. The molecule has 3 rings (SSSR count). The van der Waals surface area contributed by atoms with Gasteiger partial charge in [-0.05, 0) is 30.6 Å². The number of nitriles is 1. The number of hydrogen-bond donors (Lipinski definition) is 1. The Morgan fingerprint density at radius 3 is 2.95 bits per heavy atom. The van der Waals surface area contributed by atoms with Crippen LogP contribution in [-0.2, 0) is 11.3 Å². The Bertz CT molecular complexity index is 682. The summed E-state index contributed by atoms with van der Waals surface area (Å²) < 4.78 is 1.40. The first-order valence-electron chi connectivity index (χ1n) is 7.52. The van der Waals surface area contributed by atoms with E-state index in [1.54, 1.807) is 0 Å². The zero-order valence-corrected chi connectivity index (χ0v) is 13.1. The Kier molecular flexibility index (Phi) is 3.28. The van der Waals surface area contributed by atoms with E-state index in [1.807, 2.05) is 6.07 Å². The number of fused-ring (bicyclic) bond motifs is 2. The lowest BCUT2D eigenvalue weighted by Gasteiger charge is -2.34. The number of hydrazone groups is 1. The van der Waals surface area contributed by atoms with E-state index in [0.717, 1.165) is 18.6 Å². The van der Waals surface area contributed by atoms with Crippen LogP contribution in [0.3, 0.4) is 0 Å². The smallest absolute Gasteiger partial charge is 0.260 e. The predicted octanol–water partition coefficient (Wildman–Crippen LogP) is 1.47. The predicted molar refractivity (Wildman–Crippen MR) is 79.5 cm³/mol. The van der Waals surface area contributed by atoms with Crippen LogP contribution in [0.1, 0.15) is 45.9 Å². The molecule has 2 unspecified atom stereocenters. The lowest BCUT2D eigenvalue weighted by molar-refractivity contribution is -0.121. The summed E-state index contributed by atoms with van der Waals surface area (Å²) in [6.07, 6.45) is 4.69. The summed E-state index contributed by atoms with van der Waals surface area (Å²) in [5, 5.41) is 20.5. The fourth-order valence-electron chi connectivity index (χ4n) is 3.87. The zero-order chi connectivity index (χ0) is 16.0. The number of rotatable bonds is 3. The van der Waals surface area contributed by atoms with Crippen molar-refractivity contribution < 1.29 is 4.79 Å². The minimum absolute atomic E-state index is 0.00376. The molecule has 7 heteroatoms. The van der Waals surface area contributed by atoms with Gasteiger partial charge in [-0.25, -0.2) is 5.43 Å². The third-order valence-electron chi connectivity index (χ3n) is 5.86. The van der Waals surface area contributed by atoms with Gasteiger partial charge < -0.3 is 0 Å². The maximum absolute atomic E-state index is 12.0. The van der Waals surface area contributed by atoms with Crippen LogP contribution < -0.4 is 5.43 Å². The molecular formula is C15H20N6O. The Morgan fingerprint density at radius 2 is 2.36 bits per heavy atom. The number of amides is 1. The van der Waals surface area contributed by atoms with Crippen LogP contribution in [0, 0.1) is 28.1 Å². The van der Waals surface area contributed by atoms with E-state index in [-0.39, 0.29) is 29.1 Å². The molecule has 2 fully saturated rings. The molecule has 0 aromatic carbocycles. The molecule has 2 saturated carbocycles. The van der Waals surface area contributed by atoms with Gasteiger partial charge in [0.2, 0.25) is 5.82 Å². The molecule has 2 aliphatic carbocycles. The minimum Gasteiger partial charge on any atom is -0.296 e. The van der Waals surface area contributed by atoms with Gasteiger partial charge in [-0.1, -0.05) is 20.8 Å². The van der Waals surface area contributed by atoms with E-state index in [2.05, 4.69) is 41.5 Å². The highest BCUT2D eigenvalue weighted by Crippen LogP contribution is 2.63. The Hall–Kier alpha value is -2.23. The molecule has 2 bridgehead atoms. The number of hydrogen-bond acceptors (Lipinski definition) is 5. The van der Waals surface area contributed by atoms with Crippen LogP contribution in [0.4, 0.5) is 0 Å². The second kappa shape index (κ2) is 4.90. The highest BCUT2D eigenvalue weighted by molar-refractivity contribution is 5.95. The summed E-state index contributed by atoms with van der Waals surface area (Å²) in [6.45, 7) is 6.84. The summed E-state index contributed by atoms with van der Waals surface area (Å²) in [5.41, 5.74) is 4.02. The summed E-state index contributed by atoms with van der Waals surface area (Å²) in [6, 6.07) is 1.89. The molecule has 0 spiro atoms. The molecule has 0 aliphatic heterocycles. The second-order valence-corrected chi connectivity index (χ2v) is 6.98. The average Bonchev–Trinajstić information content (AvgIpc) is 3.06. The third kappa shape index (κ3) is 2.02. The van der Waals surface area contributed by atoms with Gasteiger partial charge in [-0.15, -0.1) is 10.2 Å². The Morgan fingerprint density at radius 1 is 1.59 bits per heavy atom. The molecule has 2 atom stereocenters. The van der Waals surface area contributed by atoms with Crippen molar-refractivity contribution >= 4 is 11.6 Å². The van der Waals surface area contributed by atoms with Crippen molar-refractivity contribution in [3.8, 4) is 6.07 Å². The number of carbonyl (C=O) groups excluding carboxylic acids is 1. The molecule has 1 aromatic heterocycles. The monoisotopic (exact) mass is 300 g/mol. The van der Waals surface area contributed by atoms with Gasteiger partial charge in [0.15, 0.2) is 0 Å². The van der Waals surface area contributed by atoms with Crippen LogP contribution in [0.25, 0.3) is 0 Å². The maximum Gasteiger partial charge on any atom is 0.260 e. The van der Waals surface area contributed by atoms with Gasteiger partial charge in [-0.3, -0.25) is 9.36 Å². The molecule has 1 aromatic rings. The van der Waals surface area contributed by atoms with Gasteiger partial charge in [-0.2, -0.15) is 10.4 Å². The molecule has 1 amide bonds. The highest BCUT2D eigenvalue weighted by Gasteiger charge is 2.59. The first kappa shape index (κ1) is 14.7. The van der Waals surface area contributed by atoms with E-state index in [4.69, 9.17) is 5.26 Å². The fourth-order valence-corrected chi connectivity index (χ4v) is 3.87. The third-order valence-corrected chi connectivity index (χ3v) is 5.86. The number of carbonyl (C=O) groups is 1. The van der Waals surface area contributed by atoms with E-state index in [1.165, 1.54) is 17.3 Å². The summed E-state index contributed by atoms with van der Waals surface area (Å²) in [4.78, 5) is 12.0. The fraction of sp³-hybridized carbons (Fsp3) is 0.667. The quantitative estimate of drug-likeness (QED) is 0.855. The number of nitrogens with zero attached hydrogens (tertiary/aromatic N) is 5. The lowest BCUT2D eigenvalue weighted by Crippen LogP contribution is -2.34. The van der Waals surface area contributed by atoms with Crippen LogP contribution >= 0.6 is 0 Å². The minimum atomic E-state index is -0.270. The lowest BCUT2D eigenvalue weighted by atomic mass is 9.70. The van der Waals surface area contributed by atoms with Crippen molar-refractivity contribution in [1.29, 1.82) is 5.26 Å². The topological polar surface area (TPSA) is 96.0 Å². The summed E-state index contributed by atoms with van der Waals surface area (Å²) in [7, 11) is 0. The van der Waals surface area contributed by atoms with Gasteiger partial charge >= 0.3 is 0 Å². The van der Waals surface area contributed by atoms with Crippen molar-refractivity contribution in [3.63, 3.8) is 0 Å². The molecule has 7 nitrogen and oxygen atoms in total. The molecule has 22 heavy (non-hydrogen) atoms. The van der Waals surface area contributed by atoms with Gasteiger partial charge in [0.25, 0.3) is 5.91 Å². The van der Waals surface area contributed by atoms with Crippen molar-refractivity contribution in [2.24, 2.45) is 21.8 Å². The van der Waals surface area contributed by atoms with E-state index in [0.29, 0.717) is 5.92 Å². The van der Waals surface area contributed by atoms with Crippen LogP contribution in [0.2, 0.25) is 0 Å². The van der Waals surface area contributed by atoms with E-state index >= 15 is 0 Å². The molecule has 1 N–H and O–H groups in total. The first-order valence-corrected chi connectivity index (χ1v) is 7.52. The summed E-state index contributed by atoms with van der Waals surface area (Å²) >= 11 is 0. The van der Waals surface area contributed by atoms with Crippen LogP contribution in [0.15, 0.2) is 11.4 Å². The molecule has 0 radical (unpaired) electrons. The Labute approximate surface area is 129 Å². The van der Waals surface area contributed by atoms with Crippen LogP contribution in [0.5, 0.6) is 0 Å². The average molecular weight is 300 g/mol. The largest absolute Gasteiger partial charge is 0.296 e. The van der Waals surface area contributed by atoms with Gasteiger partial charge in [0.05, 0.1) is 0 Å². The van der Waals surface area contributed by atoms with Crippen molar-refractivity contribution in [2.75, 3.05) is 0 Å². The summed E-state index contributed by atoms with van der Waals surface area (Å²) in [5.74, 6) is 0.500. The number of nitrogens with one attached hydrogen (secondary N) is 1. The van der Waals surface area contributed by atoms with Crippen LogP contribution in [-0.4, -0.2) is 26.4 Å². The Balaban J connectivity index is 1.68. The van der Waals surface area contributed by atoms with Gasteiger partial charge in [0, 0.05) is 11.1 Å². The molecule has 1 heterocycles. The highest BCUT2D eigenvalue weighted by atomic mass is 16.2. The molecule has 116 valence electrons. The first-order chi connectivity index (χ1) is 10.4. The van der Waals surface area contributed by atoms with Crippen molar-refractivity contribution in [1.82, 2.24) is 20.2 Å². The van der Waals surface area contributed by atoms with Crippen molar-refractivity contribution in [3.05, 3.63) is 12.2 Å². The normalized spacial score (nSPS) is 30.5. The standard InChI is InChI=1S/C15H20N6O/c1-14(2)10-4-5-15(14,3)11(6-10)18-20-13(22)8-21-9-17-19-12(21)7-16/h9-10H,4-6,8H2,1-3H3,(H,20,22)/b18-11+. The second-order valence-electron chi connectivity index (χ2n) is 6.98. The molecule has 2 aliphatic rings.